The lowest BCUT2D eigenvalue weighted by Crippen LogP contribution is -2.63. The highest BCUT2D eigenvalue weighted by atomic mass is 16.5. The number of methoxy groups -OCH3 is 1. The van der Waals surface area contributed by atoms with E-state index < -0.39 is 0 Å². The Bertz CT molecular complexity index is 626. The molecular weight excluding hydrogens is 286 g/mol. The van der Waals surface area contributed by atoms with Crippen LogP contribution in [0.25, 0.3) is 0 Å². The van der Waals surface area contributed by atoms with Crippen molar-refractivity contribution in [2.75, 3.05) is 13.7 Å². The Kier molecular flexibility index (Phi) is 3.72. The molecule has 0 amide bonds. The zero-order chi connectivity index (χ0) is 16.0. The predicted molar refractivity (Wildman–Crippen MR) is 90.9 cm³/mol. The molecule has 1 saturated heterocycles. The minimum absolute atomic E-state index is 0.0488. The van der Waals surface area contributed by atoms with Crippen molar-refractivity contribution in [1.29, 1.82) is 0 Å². The van der Waals surface area contributed by atoms with Crippen molar-refractivity contribution in [2.24, 2.45) is 11.8 Å². The van der Waals surface area contributed by atoms with Gasteiger partial charge in [0, 0.05) is 24.3 Å². The summed E-state index contributed by atoms with van der Waals surface area (Å²) in [5.41, 5.74) is 2.88. The van der Waals surface area contributed by atoms with Crippen LogP contribution in [0.2, 0.25) is 0 Å². The Morgan fingerprint density at radius 1 is 1.35 bits per heavy atom. The molecule has 3 heteroatoms. The van der Waals surface area contributed by atoms with Crippen LogP contribution in [0.5, 0.6) is 5.75 Å². The van der Waals surface area contributed by atoms with E-state index in [9.17, 15) is 4.79 Å². The average molecular weight is 313 g/mol. The molecule has 2 aliphatic carbocycles. The standard InChI is InChI=1S/C20H27NO2/c1-3-4-14-9-15(22)12-20-7-8-21-18(19(14)20)10-13-5-6-16(23-2)11-17(13)20/h5-6,11,14,18-19,21H,3-4,7-10,12H2,1-2H3/t14-,18+,19-,20+/m0/s1. The van der Waals surface area contributed by atoms with Crippen LogP contribution in [-0.4, -0.2) is 25.5 Å². The van der Waals surface area contributed by atoms with Crippen LogP contribution < -0.4 is 10.1 Å². The summed E-state index contributed by atoms with van der Waals surface area (Å²) in [6.45, 7) is 3.28. The fourth-order valence-corrected chi connectivity index (χ4v) is 5.81. The fraction of sp³-hybridized carbons (Fsp3) is 0.650. The zero-order valence-electron chi connectivity index (χ0n) is 14.2. The first-order valence-electron chi connectivity index (χ1n) is 9.10. The number of ketones is 1. The second-order valence-corrected chi connectivity index (χ2v) is 7.69. The van der Waals surface area contributed by atoms with Gasteiger partial charge in [0.1, 0.15) is 11.5 Å². The first kappa shape index (κ1) is 15.2. The molecule has 2 fully saturated rings. The molecule has 124 valence electrons. The molecule has 1 aromatic rings. The largest absolute Gasteiger partial charge is 0.497 e. The third-order valence-electron chi connectivity index (χ3n) is 6.51. The van der Waals surface area contributed by atoms with Crippen molar-refractivity contribution < 1.29 is 9.53 Å². The highest BCUT2D eigenvalue weighted by Gasteiger charge is 2.56. The normalized spacial score (nSPS) is 35.4. The summed E-state index contributed by atoms with van der Waals surface area (Å²) in [4.78, 5) is 12.6. The number of rotatable bonds is 3. The number of hydrogen-bond acceptors (Lipinski definition) is 3. The third kappa shape index (κ3) is 2.24. The zero-order valence-corrected chi connectivity index (χ0v) is 14.2. The highest BCUT2D eigenvalue weighted by molar-refractivity contribution is 5.82. The Morgan fingerprint density at radius 3 is 3.00 bits per heavy atom. The van der Waals surface area contributed by atoms with E-state index in [0.29, 0.717) is 23.7 Å². The molecular formula is C20H27NO2. The topological polar surface area (TPSA) is 38.3 Å². The SMILES string of the molecule is CCC[C@H]1CC(=O)C[C@]23CCN[C@H](Cc4ccc(OC)cc42)[C@H]13. The molecule has 4 atom stereocenters. The Labute approximate surface area is 138 Å². The Morgan fingerprint density at radius 2 is 2.22 bits per heavy atom. The van der Waals surface area contributed by atoms with E-state index in [0.717, 1.165) is 38.0 Å². The molecule has 0 spiro atoms. The van der Waals surface area contributed by atoms with Gasteiger partial charge >= 0.3 is 0 Å². The summed E-state index contributed by atoms with van der Waals surface area (Å²) in [6, 6.07) is 7.06. The van der Waals surface area contributed by atoms with Gasteiger partial charge in [-0.05, 0) is 60.9 Å². The number of hydrogen-bond donors (Lipinski definition) is 1. The maximum atomic E-state index is 12.6. The van der Waals surface area contributed by atoms with Crippen LogP contribution in [0.15, 0.2) is 18.2 Å². The van der Waals surface area contributed by atoms with Crippen molar-refractivity contribution in [1.82, 2.24) is 5.32 Å². The summed E-state index contributed by atoms with van der Waals surface area (Å²) < 4.78 is 5.49. The Hall–Kier alpha value is -1.35. The maximum Gasteiger partial charge on any atom is 0.134 e. The quantitative estimate of drug-likeness (QED) is 0.931. The van der Waals surface area contributed by atoms with E-state index in [1.54, 1.807) is 7.11 Å². The van der Waals surface area contributed by atoms with Crippen LogP contribution in [0.1, 0.15) is 50.2 Å². The number of Topliss-reactive ketones (excluding diaryl/α,β-unsaturated/α-hetero) is 1. The number of carbonyl (C=O) groups is 1. The summed E-state index contributed by atoms with van der Waals surface area (Å²) in [6.07, 6.45) is 6.05. The van der Waals surface area contributed by atoms with Gasteiger partial charge in [0.05, 0.1) is 7.11 Å². The van der Waals surface area contributed by atoms with E-state index in [1.165, 1.54) is 24.0 Å². The second-order valence-electron chi connectivity index (χ2n) is 7.69. The second kappa shape index (κ2) is 5.62. The van der Waals surface area contributed by atoms with Crippen molar-refractivity contribution in [3.8, 4) is 5.75 Å². The van der Waals surface area contributed by atoms with Crippen LogP contribution in [0, 0.1) is 11.8 Å². The van der Waals surface area contributed by atoms with Crippen molar-refractivity contribution in [3.05, 3.63) is 29.3 Å². The molecule has 2 bridgehead atoms. The highest BCUT2D eigenvalue weighted by Crippen LogP contribution is 2.56. The maximum absolute atomic E-state index is 12.6. The van der Waals surface area contributed by atoms with E-state index in [2.05, 4.69) is 30.4 Å². The fourth-order valence-electron chi connectivity index (χ4n) is 5.81. The van der Waals surface area contributed by atoms with Gasteiger partial charge in [0.2, 0.25) is 0 Å². The molecule has 1 N–H and O–H groups in total. The number of piperidine rings is 1. The first-order valence-corrected chi connectivity index (χ1v) is 9.10. The van der Waals surface area contributed by atoms with Crippen LogP contribution >= 0.6 is 0 Å². The summed E-state index contributed by atoms with van der Waals surface area (Å²) in [5, 5.41) is 3.77. The summed E-state index contributed by atoms with van der Waals surface area (Å²) in [5.74, 6) is 2.54. The minimum atomic E-state index is 0.0488. The molecule has 0 radical (unpaired) electrons. The average Bonchev–Trinajstić information content (AvgIpc) is 2.54. The molecule has 1 heterocycles. The number of ether oxygens (including phenoxy) is 1. The molecule has 3 aliphatic rings. The molecule has 0 aromatic heterocycles. The molecule has 1 aromatic carbocycles. The summed E-state index contributed by atoms with van der Waals surface area (Å²) >= 11 is 0. The summed E-state index contributed by atoms with van der Waals surface area (Å²) in [7, 11) is 1.73. The molecule has 23 heavy (non-hydrogen) atoms. The monoisotopic (exact) mass is 313 g/mol. The van der Waals surface area contributed by atoms with Gasteiger partial charge in [-0.3, -0.25) is 4.79 Å². The van der Waals surface area contributed by atoms with Crippen LogP contribution in [0.4, 0.5) is 0 Å². The van der Waals surface area contributed by atoms with Crippen molar-refractivity contribution >= 4 is 5.78 Å². The van der Waals surface area contributed by atoms with Gasteiger partial charge in [0.15, 0.2) is 0 Å². The Balaban J connectivity index is 1.86. The van der Waals surface area contributed by atoms with Crippen LogP contribution in [-0.2, 0) is 16.6 Å². The molecule has 4 rings (SSSR count). The number of nitrogens with one attached hydrogen (secondary N) is 1. The predicted octanol–water partition coefficient (Wildman–Crippen LogP) is 3.25. The number of fused-ring (bicyclic) bond motifs is 1. The number of carbonyl (C=O) groups excluding carboxylic acids is 1. The van der Waals surface area contributed by atoms with E-state index in [1.807, 2.05) is 0 Å². The van der Waals surface area contributed by atoms with Crippen molar-refractivity contribution in [3.63, 3.8) is 0 Å². The first-order chi connectivity index (χ1) is 11.2. The van der Waals surface area contributed by atoms with Crippen molar-refractivity contribution in [2.45, 2.75) is 56.9 Å². The molecule has 1 aliphatic heterocycles. The smallest absolute Gasteiger partial charge is 0.134 e. The number of benzene rings is 1. The van der Waals surface area contributed by atoms with Crippen LogP contribution in [0.3, 0.4) is 0 Å². The van der Waals surface area contributed by atoms with E-state index >= 15 is 0 Å². The van der Waals surface area contributed by atoms with Gasteiger partial charge < -0.3 is 10.1 Å². The van der Waals surface area contributed by atoms with Gasteiger partial charge in [-0.2, -0.15) is 0 Å². The third-order valence-corrected chi connectivity index (χ3v) is 6.51. The molecule has 1 saturated carbocycles. The van der Waals surface area contributed by atoms with Gasteiger partial charge in [-0.1, -0.05) is 19.4 Å². The van der Waals surface area contributed by atoms with Gasteiger partial charge in [-0.25, -0.2) is 0 Å². The van der Waals surface area contributed by atoms with Gasteiger partial charge in [0.25, 0.3) is 0 Å². The van der Waals surface area contributed by atoms with E-state index in [-0.39, 0.29) is 5.41 Å². The van der Waals surface area contributed by atoms with E-state index in [4.69, 9.17) is 4.74 Å². The lowest BCUT2D eigenvalue weighted by molar-refractivity contribution is -0.128. The minimum Gasteiger partial charge on any atom is -0.497 e. The lowest BCUT2D eigenvalue weighted by atomic mass is 9.49. The lowest BCUT2D eigenvalue weighted by Gasteiger charge is -2.58. The van der Waals surface area contributed by atoms with Gasteiger partial charge in [-0.15, -0.1) is 0 Å². The molecule has 0 unspecified atom stereocenters. The molecule has 3 nitrogen and oxygen atoms in total.